The first kappa shape index (κ1) is 14.5. The van der Waals surface area contributed by atoms with Crippen LogP contribution in [0.5, 0.6) is 0 Å². The number of nitrogens with zero attached hydrogens (tertiary/aromatic N) is 1. The molecule has 1 heterocycles. The number of pyridine rings is 1. The molecule has 2 nitrogen and oxygen atoms in total. The molecule has 2 rings (SSSR count). The van der Waals surface area contributed by atoms with Gasteiger partial charge in [0.05, 0.1) is 5.69 Å². The summed E-state index contributed by atoms with van der Waals surface area (Å²) in [7, 11) is 0. The molecule has 1 saturated carbocycles. The zero-order valence-electron chi connectivity index (χ0n) is 12.5. The molecule has 0 spiro atoms. The number of nitrogens with one attached hydrogen (secondary N) is 1. The van der Waals surface area contributed by atoms with Crippen molar-refractivity contribution < 1.29 is 0 Å². The van der Waals surface area contributed by atoms with E-state index in [1.54, 1.807) is 0 Å². The highest BCUT2D eigenvalue weighted by molar-refractivity contribution is 5.17. The van der Waals surface area contributed by atoms with Gasteiger partial charge in [0.1, 0.15) is 0 Å². The van der Waals surface area contributed by atoms with Crippen LogP contribution in [-0.2, 0) is 6.54 Å². The second kappa shape index (κ2) is 7.64. The summed E-state index contributed by atoms with van der Waals surface area (Å²) in [5.74, 6) is 0.980. The predicted octanol–water partition coefficient (Wildman–Crippen LogP) is 4.23. The minimum Gasteiger partial charge on any atom is -0.308 e. The third kappa shape index (κ3) is 4.61. The van der Waals surface area contributed by atoms with Gasteiger partial charge in [-0.2, -0.15) is 0 Å². The number of hydrogen-bond acceptors (Lipinski definition) is 2. The fraction of sp³-hybridized carbons (Fsp3) is 0.706. The Morgan fingerprint density at radius 1 is 1.26 bits per heavy atom. The number of rotatable bonds is 5. The van der Waals surface area contributed by atoms with E-state index in [0.717, 1.165) is 12.5 Å². The van der Waals surface area contributed by atoms with Crippen molar-refractivity contribution in [3.63, 3.8) is 0 Å². The maximum Gasteiger partial charge on any atom is 0.0570 e. The minimum atomic E-state index is 0.697. The van der Waals surface area contributed by atoms with Crippen LogP contribution in [0.15, 0.2) is 18.3 Å². The Hall–Kier alpha value is -0.890. The van der Waals surface area contributed by atoms with Gasteiger partial charge in [0.15, 0.2) is 0 Å². The second-order valence-electron chi connectivity index (χ2n) is 6.01. The molecule has 19 heavy (non-hydrogen) atoms. The maximum atomic E-state index is 4.47. The van der Waals surface area contributed by atoms with Crippen LogP contribution in [0.3, 0.4) is 0 Å². The molecule has 0 aromatic carbocycles. The topological polar surface area (TPSA) is 24.9 Å². The average molecular weight is 260 g/mol. The lowest BCUT2D eigenvalue weighted by atomic mass is 9.95. The smallest absolute Gasteiger partial charge is 0.0570 e. The Morgan fingerprint density at radius 2 is 2.16 bits per heavy atom. The Kier molecular flexibility index (Phi) is 5.84. The SMILES string of the molecule is CCCC1CCCC(NCc2ncccc2C)CC1. The molecule has 2 unspecified atom stereocenters. The molecule has 2 atom stereocenters. The van der Waals surface area contributed by atoms with Crippen molar-refractivity contribution in [2.24, 2.45) is 5.92 Å². The molecular formula is C17H28N2. The molecule has 1 aromatic heterocycles. The summed E-state index contributed by atoms with van der Waals surface area (Å²) >= 11 is 0. The molecule has 106 valence electrons. The van der Waals surface area contributed by atoms with Crippen LogP contribution in [0.2, 0.25) is 0 Å². The van der Waals surface area contributed by atoms with Crippen molar-refractivity contribution in [2.45, 2.75) is 71.4 Å². The highest BCUT2D eigenvalue weighted by atomic mass is 14.9. The third-order valence-electron chi connectivity index (χ3n) is 4.46. The average Bonchev–Trinajstić information content (AvgIpc) is 2.64. The molecule has 0 aliphatic heterocycles. The van der Waals surface area contributed by atoms with Gasteiger partial charge in [0, 0.05) is 18.8 Å². The molecule has 0 radical (unpaired) electrons. The highest BCUT2D eigenvalue weighted by Gasteiger charge is 2.18. The van der Waals surface area contributed by atoms with E-state index >= 15 is 0 Å². The Bertz CT molecular complexity index is 375. The Balaban J connectivity index is 1.79. The molecular weight excluding hydrogens is 232 g/mol. The van der Waals surface area contributed by atoms with Gasteiger partial charge in [0.2, 0.25) is 0 Å². The van der Waals surface area contributed by atoms with Crippen molar-refractivity contribution in [1.82, 2.24) is 10.3 Å². The predicted molar refractivity (Wildman–Crippen MR) is 81.1 cm³/mol. The van der Waals surface area contributed by atoms with Crippen LogP contribution in [0.4, 0.5) is 0 Å². The van der Waals surface area contributed by atoms with E-state index in [4.69, 9.17) is 0 Å². The van der Waals surface area contributed by atoms with E-state index in [-0.39, 0.29) is 0 Å². The number of hydrogen-bond donors (Lipinski definition) is 1. The molecule has 0 amide bonds. The second-order valence-corrected chi connectivity index (χ2v) is 6.01. The van der Waals surface area contributed by atoms with Crippen molar-refractivity contribution in [1.29, 1.82) is 0 Å². The van der Waals surface area contributed by atoms with Crippen LogP contribution in [0.25, 0.3) is 0 Å². The monoisotopic (exact) mass is 260 g/mol. The van der Waals surface area contributed by atoms with Crippen molar-refractivity contribution >= 4 is 0 Å². The van der Waals surface area contributed by atoms with Gasteiger partial charge in [-0.1, -0.05) is 38.7 Å². The standard InChI is InChI=1S/C17H28N2/c1-3-6-15-8-4-9-16(11-10-15)19-13-17-14(2)7-5-12-18-17/h5,7,12,15-16,19H,3-4,6,8-11,13H2,1-2H3. The van der Waals surface area contributed by atoms with E-state index in [2.05, 4.69) is 30.2 Å². The van der Waals surface area contributed by atoms with Crippen LogP contribution in [-0.4, -0.2) is 11.0 Å². The fourth-order valence-corrected chi connectivity index (χ4v) is 3.22. The van der Waals surface area contributed by atoms with Crippen LogP contribution < -0.4 is 5.32 Å². The molecule has 1 aromatic rings. The van der Waals surface area contributed by atoms with Crippen molar-refractivity contribution in [3.05, 3.63) is 29.6 Å². The third-order valence-corrected chi connectivity index (χ3v) is 4.46. The molecule has 0 saturated heterocycles. The Morgan fingerprint density at radius 3 is 2.95 bits per heavy atom. The van der Waals surface area contributed by atoms with Crippen LogP contribution >= 0.6 is 0 Å². The van der Waals surface area contributed by atoms with E-state index in [9.17, 15) is 0 Å². The van der Waals surface area contributed by atoms with E-state index in [0.29, 0.717) is 6.04 Å². The summed E-state index contributed by atoms with van der Waals surface area (Å²) < 4.78 is 0. The quantitative estimate of drug-likeness (QED) is 0.801. The van der Waals surface area contributed by atoms with E-state index < -0.39 is 0 Å². The zero-order chi connectivity index (χ0) is 13.5. The molecule has 2 heteroatoms. The summed E-state index contributed by atoms with van der Waals surface area (Å²) in [4.78, 5) is 4.47. The normalized spacial score (nSPS) is 24.1. The van der Waals surface area contributed by atoms with Crippen molar-refractivity contribution in [3.8, 4) is 0 Å². The molecule has 1 aliphatic rings. The van der Waals surface area contributed by atoms with Gasteiger partial charge in [0.25, 0.3) is 0 Å². The largest absolute Gasteiger partial charge is 0.308 e. The lowest BCUT2D eigenvalue weighted by Gasteiger charge is -2.17. The molecule has 0 bridgehead atoms. The first-order valence-electron chi connectivity index (χ1n) is 7.93. The highest BCUT2D eigenvalue weighted by Crippen LogP contribution is 2.26. The van der Waals surface area contributed by atoms with Gasteiger partial charge >= 0.3 is 0 Å². The molecule has 1 aliphatic carbocycles. The van der Waals surface area contributed by atoms with Gasteiger partial charge in [-0.15, -0.1) is 0 Å². The van der Waals surface area contributed by atoms with Gasteiger partial charge in [-0.3, -0.25) is 4.98 Å². The molecule has 1 N–H and O–H groups in total. The first-order valence-corrected chi connectivity index (χ1v) is 7.93. The maximum absolute atomic E-state index is 4.47. The van der Waals surface area contributed by atoms with Gasteiger partial charge < -0.3 is 5.32 Å². The van der Waals surface area contributed by atoms with Gasteiger partial charge in [-0.25, -0.2) is 0 Å². The number of aryl methyl sites for hydroxylation is 1. The summed E-state index contributed by atoms with van der Waals surface area (Å²) in [5, 5.41) is 3.72. The lowest BCUT2D eigenvalue weighted by molar-refractivity contribution is 0.409. The zero-order valence-corrected chi connectivity index (χ0v) is 12.5. The fourth-order valence-electron chi connectivity index (χ4n) is 3.22. The summed E-state index contributed by atoms with van der Waals surface area (Å²) in [6, 6.07) is 4.86. The van der Waals surface area contributed by atoms with Crippen LogP contribution in [0, 0.1) is 12.8 Å². The summed E-state index contributed by atoms with van der Waals surface area (Å²) in [6.45, 7) is 5.38. The minimum absolute atomic E-state index is 0.697. The summed E-state index contributed by atoms with van der Waals surface area (Å²) in [6.07, 6.45) is 11.6. The van der Waals surface area contributed by atoms with E-state index in [1.165, 1.54) is 56.2 Å². The number of aromatic nitrogens is 1. The Labute approximate surface area is 118 Å². The van der Waals surface area contributed by atoms with Crippen LogP contribution in [0.1, 0.15) is 63.1 Å². The molecule has 1 fully saturated rings. The van der Waals surface area contributed by atoms with Gasteiger partial charge in [-0.05, 0) is 43.7 Å². The lowest BCUT2D eigenvalue weighted by Crippen LogP contribution is -2.28. The van der Waals surface area contributed by atoms with Crippen molar-refractivity contribution in [2.75, 3.05) is 0 Å². The first-order chi connectivity index (χ1) is 9.29. The van der Waals surface area contributed by atoms with E-state index in [1.807, 2.05) is 12.3 Å². The summed E-state index contributed by atoms with van der Waals surface area (Å²) in [5.41, 5.74) is 2.50.